The summed E-state index contributed by atoms with van der Waals surface area (Å²) in [5.74, 6) is 0. The summed E-state index contributed by atoms with van der Waals surface area (Å²) in [6.45, 7) is 0. The Morgan fingerprint density at radius 1 is 0.467 bits per heavy atom. The lowest BCUT2D eigenvalue weighted by Crippen LogP contribution is -1.89. The highest BCUT2D eigenvalue weighted by atomic mass is 16.1. The molecular weight excluding hydrogens is 372 g/mol. The van der Waals surface area contributed by atoms with Crippen LogP contribution in [0.25, 0.3) is 33.4 Å². The van der Waals surface area contributed by atoms with E-state index in [0.29, 0.717) is 11.4 Å². The molecule has 0 aliphatic rings. The molecule has 0 fully saturated rings. The van der Waals surface area contributed by atoms with Gasteiger partial charge in [0.1, 0.15) is 0 Å². The molecule has 0 unspecified atom stereocenters. The number of hydrogen-bond acceptors (Lipinski definition) is 4. The van der Waals surface area contributed by atoms with E-state index in [1.807, 2.05) is 84.9 Å². The van der Waals surface area contributed by atoms with E-state index in [2.05, 4.69) is 9.98 Å². The van der Waals surface area contributed by atoms with Crippen LogP contribution in [0.2, 0.25) is 0 Å². The van der Waals surface area contributed by atoms with Crippen molar-refractivity contribution < 1.29 is 9.59 Å². The fourth-order valence-corrected chi connectivity index (χ4v) is 3.49. The second-order valence-corrected chi connectivity index (χ2v) is 6.60. The van der Waals surface area contributed by atoms with Crippen LogP contribution in [0.15, 0.2) is 107 Å². The summed E-state index contributed by atoms with van der Waals surface area (Å²) >= 11 is 0. The van der Waals surface area contributed by atoms with Crippen LogP contribution >= 0.6 is 0 Å². The van der Waals surface area contributed by atoms with Crippen LogP contribution in [0.4, 0.5) is 11.4 Å². The van der Waals surface area contributed by atoms with E-state index in [-0.39, 0.29) is 0 Å². The molecule has 0 saturated heterocycles. The maximum atomic E-state index is 10.8. The first-order valence-electron chi connectivity index (χ1n) is 9.35. The fraction of sp³-hybridized carbons (Fsp3) is 0. The monoisotopic (exact) mass is 388 g/mol. The van der Waals surface area contributed by atoms with Gasteiger partial charge in [0.15, 0.2) is 0 Å². The summed E-state index contributed by atoms with van der Waals surface area (Å²) in [6, 6.07) is 31.1. The summed E-state index contributed by atoms with van der Waals surface area (Å²) in [5.41, 5.74) is 6.92. The van der Waals surface area contributed by atoms with Crippen molar-refractivity contribution in [3.63, 3.8) is 0 Å². The van der Waals surface area contributed by atoms with Crippen molar-refractivity contribution in [1.82, 2.24) is 0 Å². The standard InChI is InChI=1S/C26H16N2O2/c29-17-27-21-11-13-23(25(15-21)19-7-3-1-4-8-19)24-14-12-22(28-18-30)16-26(24)20-9-5-2-6-10-20/h1-16H. The van der Waals surface area contributed by atoms with E-state index in [0.717, 1.165) is 33.4 Å². The Kier molecular flexibility index (Phi) is 5.54. The number of isocyanates is 2. The Morgan fingerprint density at radius 3 is 1.23 bits per heavy atom. The molecule has 4 nitrogen and oxygen atoms in total. The Labute approximate surface area is 173 Å². The highest BCUT2D eigenvalue weighted by Crippen LogP contribution is 2.41. The molecule has 0 spiro atoms. The lowest BCUT2D eigenvalue weighted by molar-refractivity contribution is 0.564. The van der Waals surface area contributed by atoms with Gasteiger partial charge in [-0.05, 0) is 57.6 Å². The van der Waals surface area contributed by atoms with Gasteiger partial charge in [-0.2, -0.15) is 9.98 Å². The highest BCUT2D eigenvalue weighted by Gasteiger charge is 2.14. The first kappa shape index (κ1) is 19.0. The van der Waals surface area contributed by atoms with Gasteiger partial charge in [-0.3, -0.25) is 0 Å². The first-order chi connectivity index (χ1) is 14.8. The highest BCUT2D eigenvalue weighted by molar-refractivity contribution is 5.93. The van der Waals surface area contributed by atoms with Crippen LogP contribution in [0.5, 0.6) is 0 Å². The quantitative estimate of drug-likeness (QED) is 0.285. The molecule has 4 aromatic carbocycles. The molecule has 0 aliphatic heterocycles. The average Bonchev–Trinajstić information content (AvgIpc) is 2.81. The molecule has 142 valence electrons. The molecule has 0 aliphatic carbocycles. The van der Waals surface area contributed by atoms with Gasteiger partial charge in [0.25, 0.3) is 0 Å². The van der Waals surface area contributed by atoms with Gasteiger partial charge in [0, 0.05) is 0 Å². The number of nitrogens with zero attached hydrogens (tertiary/aromatic N) is 2. The topological polar surface area (TPSA) is 58.9 Å². The van der Waals surface area contributed by atoms with Gasteiger partial charge >= 0.3 is 0 Å². The molecule has 0 saturated carbocycles. The van der Waals surface area contributed by atoms with Crippen molar-refractivity contribution >= 4 is 23.5 Å². The zero-order valence-electron chi connectivity index (χ0n) is 15.9. The molecule has 0 aromatic heterocycles. The molecule has 0 radical (unpaired) electrons. The maximum absolute atomic E-state index is 10.8. The largest absolute Gasteiger partial charge is 0.240 e. The van der Waals surface area contributed by atoms with Crippen molar-refractivity contribution in [3.8, 4) is 33.4 Å². The summed E-state index contributed by atoms with van der Waals surface area (Å²) < 4.78 is 0. The molecule has 4 heteroatoms. The molecular formula is C26H16N2O2. The van der Waals surface area contributed by atoms with Crippen molar-refractivity contribution in [2.75, 3.05) is 0 Å². The average molecular weight is 388 g/mol. The lowest BCUT2D eigenvalue weighted by Gasteiger charge is -2.16. The molecule has 0 N–H and O–H groups in total. The van der Waals surface area contributed by atoms with Gasteiger partial charge in [-0.1, -0.05) is 72.8 Å². The third kappa shape index (κ3) is 3.91. The van der Waals surface area contributed by atoms with Crippen molar-refractivity contribution in [1.29, 1.82) is 0 Å². The van der Waals surface area contributed by atoms with Gasteiger partial charge in [-0.15, -0.1) is 0 Å². The summed E-state index contributed by atoms with van der Waals surface area (Å²) in [4.78, 5) is 29.1. The lowest BCUT2D eigenvalue weighted by atomic mass is 9.89. The van der Waals surface area contributed by atoms with Gasteiger partial charge in [0.05, 0.1) is 11.4 Å². The molecule has 0 bridgehead atoms. The van der Waals surface area contributed by atoms with Crippen molar-refractivity contribution in [3.05, 3.63) is 97.1 Å². The summed E-state index contributed by atoms with van der Waals surface area (Å²) in [7, 11) is 0. The van der Waals surface area contributed by atoms with Crippen LogP contribution < -0.4 is 0 Å². The van der Waals surface area contributed by atoms with Gasteiger partial charge in [0.2, 0.25) is 12.2 Å². The minimum Gasteiger partial charge on any atom is -0.211 e. The molecule has 4 rings (SSSR count). The van der Waals surface area contributed by atoms with E-state index < -0.39 is 0 Å². The van der Waals surface area contributed by atoms with Crippen molar-refractivity contribution in [2.24, 2.45) is 9.98 Å². The number of rotatable bonds is 5. The number of benzene rings is 4. The molecule has 0 heterocycles. The number of aliphatic imine (C=N–C) groups is 2. The minimum atomic E-state index is 0.538. The Balaban J connectivity index is 2.01. The summed E-state index contributed by atoms with van der Waals surface area (Å²) in [6.07, 6.45) is 3.21. The van der Waals surface area contributed by atoms with E-state index in [1.165, 1.54) is 0 Å². The minimum absolute atomic E-state index is 0.538. The zero-order valence-corrected chi connectivity index (χ0v) is 15.9. The van der Waals surface area contributed by atoms with E-state index in [1.54, 1.807) is 24.3 Å². The third-order valence-corrected chi connectivity index (χ3v) is 4.82. The first-order valence-corrected chi connectivity index (χ1v) is 9.35. The van der Waals surface area contributed by atoms with Crippen LogP contribution in [-0.2, 0) is 9.59 Å². The van der Waals surface area contributed by atoms with E-state index in [4.69, 9.17) is 0 Å². The second-order valence-electron chi connectivity index (χ2n) is 6.60. The van der Waals surface area contributed by atoms with E-state index >= 15 is 0 Å². The molecule has 30 heavy (non-hydrogen) atoms. The van der Waals surface area contributed by atoms with Crippen molar-refractivity contribution in [2.45, 2.75) is 0 Å². The third-order valence-electron chi connectivity index (χ3n) is 4.82. The normalized spacial score (nSPS) is 10.0. The number of carbonyl (C=O) groups excluding carboxylic acids is 2. The van der Waals surface area contributed by atoms with Crippen LogP contribution in [0.3, 0.4) is 0 Å². The van der Waals surface area contributed by atoms with Gasteiger partial charge < -0.3 is 0 Å². The predicted molar refractivity (Wildman–Crippen MR) is 118 cm³/mol. The summed E-state index contributed by atoms with van der Waals surface area (Å²) in [5, 5.41) is 0. The Bertz CT molecular complexity index is 1180. The predicted octanol–water partition coefficient (Wildman–Crippen LogP) is 6.62. The Morgan fingerprint density at radius 2 is 0.867 bits per heavy atom. The fourth-order valence-electron chi connectivity index (χ4n) is 3.49. The van der Waals surface area contributed by atoms with Crippen LogP contribution in [0.1, 0.15) is 0 Å². The van der Waals surface area contributed by atoms with Crippen LogP contribution in [0, 0.1) is 0 Å². The SMILES string of the molecule is O=C=Nc1ccc(-c2ccc(N=C=O)cc2-c2ccccc2)c(-c2ccccc2)c1. The Hall–Kier alpha value is -4.36. The van der Waals surface area contributed by atoms with Crippen LogP contribution in [-0.4, -0.2) is 12.2 Å². The smallest absolute Gasteiger partial charge is 0.211 e. The second kappa shape index (κ2) is 8.76. The van der Waals surface area contributed by atoms with E-state index in [9.17, 15) is 9.59 Å². The maximum Gasteiger partial charge on any atom is 0.240 e. The molecule has 4 aromatic rings. The van der Waals surface area contributed by atoms with Gasteiger partial charge in [-0.25, -0.2) is 9.59 Å². The molecule has 0 amide bonds. The number of hydrogen-bond donors (Lipinski definition) is 0. The molecule has 0 atom stereocenters. The zero-order chi connectivity index (χ0) is 20.8.